The number of aromatic amines is 1. The molecule has 1 heterocycles. The van der Waals surface area contributed by atoms with E-state index in [1.54, 1.807) is 17.7 Å². The fraction of sp³-hybridized carbons (Fsp3) is 0.333. The number of nitrogens with zero attached hydrogens (tertiary/aromatic N) is 1. The first-order valence-electron chi connectivity index (χ1n) is 5.76. The quantitative estimate of drug-likeness (QED) is 0.657. The molecule has 5 nitrogen and oxygen atoms in total. The van der Waals surface area contributed by atoms with E-state index in [1.165, 1.54) is 0 Å². The van der Waals surface area contributed by atoms with Gasteiger partial charge in [0, 0.05) is 13.7 Å². The van der Waals surface area contributed by atoms with Crippen LogP contribution in [0.2, 0.25) is 5.02 Å². The molecule has 1 aromatic heterocycles. The first kappa shape index (κ1) is 14.0. The topological polar surface area (TPSA) is 59.0 Å². The Morgan fingerprint density at radius 2 is 2.37 bits per heavy atom. The van der Waals surface area contributed by atoms with Crippen LogP contribution in [0, 0.1) is 4.77 Å². The smallest absolute Gasteiger partial charge is 0.240 e. The van der Waals surface area contributed by atoms with Crippen LogP contribution < -0.4 is 5.32 Å². The Balaban J connectivity index is 2.21. The van der Waals surface area contributed by atoms with Crippen LogP contribution in [0.5, 0.6) is 0 Å². The number of para-hydroxylation sites is 1. The molecule has 2 N–H and O–H groups in total. The maximum Gasteiger partial charge on any atom is 0.240 e. The average Bonchev–Trinajstić information content (AvgIpc) is 2.69. The summed E-state index contributed by atoms with van der Waals surface area (Å²) in [5.74, 6) is -0.117. The number of hydrogen-bond acceptors (Lipinski definition) is 3. The second-order valence-corrected chi connectivity index (χ2v) is 4.79. The highest BCUT2D eigenvalue weighted by atomic mass is 35.5. The summed E-state index contributed by atoms with van der Waals surface area (Å²) in [4.78, 5) is 14.8. The highest BCUT2D eigenvalue weighted by Crippen LogP contribution is 2.22. The van der Waals surface area contributed by atoms with Crippen LogP contribution >= 0.6 is 23.8 Å². The number of carbonyl (C=O) groups excluding carboxylic acids is 1. The van der Waals surface area contributed by atoms with E-state index in [0.717, 1.165) is 11.0 Å². The number of benzene rings is 1. The summed E-state index contributed by atoms with van der Waals surface area (Å²) in [7, 11) is 1.59. The lowest BCUT2D eigenvalue weighted by Gasteiger charge is -2.06. The molecule has 0 saturated heterocycles. The fourth-order valence-electron chi connectivity index (χ4n) is 1.79. The van der Waals surface area contributed by atoms with Gasteiger partial charge in [-0.25, -0.2) is 0 Å². The van der Waals surface area contributed by atoms with E-state index in [4.69, 9.17) is 28.6 Å². The zero-order chi connectivity index (χ0) is 13.8. The third kappa shape index (κ3) is 3.15. The van der Waals surface area contributed by atoms with Crippen molar-refractivity contribution in [3.05, 3.63) is 28.0 Å². The first-order valence-corrected chi connectivity index (χ1v) is 6.54. The SMILES string of the molecule is COCCNC(=O)Cn1c(=S)[nH]c2c(Cl)cccc21. The minimum absolute atomic E-state index is 0.117. The Labute approximate surface area is 120 Å². The number of aromatic nitrogens is 2. The van der Waals surface area contributed by atoms with Crippen LogP contribution in [0.4, 0.5) is 0 Å². The summed E-state index contributed by atoms with van der Waals surface area (Å²) >= 11 is 11.3. The number of amides is 1. The van der Waals surface area contributed by atoms with Gasteiger partial charge in [0.25, 0.3) is 0 Å². The van der Waals surface area contributed by atoms with Crippen molar-refractivity contribution in [3.63, 3.8) is 0 Å². The summed E-state index contributed by atoms with van der Waals surface area (Å²) in [5, 5.41) is 3.34. The molecule has 0 bridgehead atoms. The monoisotopic (exact) mass is 299 g/mol. The molecule has 19 heavy (non-hydrogen) atoms. The zero-order valence-corrected chi connectivity index (χ0v) is 12.0. The molecule has 0 aliphatic rings. The normalized spacial score (nSPS) is 10.8. The number of fused-ring (bicyclic) bond motifs is 1. The van der Waals surface area contributed by atoms with Gasteiger partial charge in [0.2, 0.25) is 5.91 Å². The maximum absolute atomic E-state index is 11.8. The van der Waals surface area contributed by atoms with E-state index >= 15 is 0 Å². The van der Waals surface area contributed by atoms with Crippen molar-refractivity contribution in [2.24, 2.45) is 0 Å². The lowest BCUT2D eigenvalue weighted by molar-refractivity contribution is -0.121. The predicted octanol–water partition coefficient (Wildman–Crippen LogP) is 2.11. The van der Waals surface area contributed by atoms with Crippen molar-refractivity contribution in [1.29, 1.82) is 0 Å². The van der Waals surface area contributed by atoms with Crippen molar-refractivity contribution in [3.8, 4) is 0 Å². The van der Waals surface area contributed by atoms with Gasteiger partial charge in [-0.2, -0.15) is 0 Å². The Morgan fingerprint density at radius 1 is 1.58 bits per heavy atom. The van der Waals surface area contributed by atoms with Crippen LogP contribution in [0.1, 0.15) is 0 Å². The van der Waals surface area contributed by atoms with Crippen molar-refractivity contribution >= 4 is 40.8 Å². The van der Waals surface area contributed by atoms with Gasteiger partial charge < -0.3 is 19.6 Å². The van der Waals surface area contributed by atoms with E-state index in [0.29, 0.717) is 22.9 Å². The molecule has 0 unspecified atom stereocenters. The fourth-order valence-corrected chi connectivity index (χ4v) is 2.28. The second-order valence-electron chi connectivity index (χ2n) is 3.99. The number of rotatable bonds is 5. The first-order chi connectivity index (χ1) is 9.13. The molecular formula is C12H14ClN3O2S. The number of H-pyrrole nitrogens is 1. The summed E-state index contributed by atoms with van der Waals surface area (Å²) in [5.41, 5.74) is 1.57. The third-order valence-corrected chi connectivity index (χ3v) is 3.33. The number of nitrogens with one attached hydrogen (secondary N) is 2. The van der Waals surface area contributed by atoms with Gasteiger partial charge in [-0.15, -0.1) is 0 Å². The van der Waals surface area contributed by atoms with Gasteiger partial charge >= 0.3 is 0 Å². The molecule has 0 spiro atoms. The molecule has 0 fully saturated rings. The highest BCUT2D eigenvalue weighted by molar-refractivity contribution is 7.71. The van der Waals surface area contributed by atoms with Crippen LogP contribution in [0.15, 0.2) is 18.2 Å². The molecule has 0 aliphatic carbocycles. The third-order valence-electron chi connectivity index (χ3n) is 2.69. The lowest BCUT2D eigenvalue weighted by atomic mass is 10.3. The summed E-state index contributed by atoms with van der Waals surface area (Å²) in [6.07, 6.45) is 0. The number of methoxy groups -OCH3 is 1. The molecule has 0 atom stereocenters. The number of imidazole rings is 1. The molecule has 1 amide bonds. The molecule has 2 rings (SSSR count). The number of halogens is 1. The van der Waals surface area contributed by atoms with Gasteiger partial charge in [-0.1, -0.05) is 17.7 Å². The summed E-state index contributed by atoms with van der Waals surface area (Å²) in [6, 6.07) is 5.47. The Morgan fingerprint density at radius 3 is 3.11 bits per heavy atom. The van der Waals surface area contributed by atoms with E-state index in [2.05, 4.69) is 10.3 Å². The highest BCUT2D eigenvalue weighted by Gasteiger charge is 2.10. The van der Waals surface area contributed by atoms with E-state index in [1.807, 2.05) is 12.1 Å². The van der Waals surface area contributed by atoms with Crippen molar-refractivity contribution in [2.45, 2.75) is 6.54 Å². The van der Waals surface area contributed by atoms with Gasteiger partial charge in [-0.05, 0) is 24.4 Å². The molecular weight excluding hydrogens is 286 g/mol. The van der Waals surface area contributed by atoms with E-state index in [9.17, 15) is 4.79 Å². The minimum atomic E-state index is -0.117. The van der Waals surface area contributed by atoms with Crippen molar-refractivity contribution in [2.75, 3.05) is 20.3 Å². The van der Waals surface area contributed by atoms with Crippen LogP contribution in [-0.4, -0.2) is 35.7 Å². The Bertz CT molecular complexity index is 650. The summed E-state index contributed by atoms with van der Waals surface area (Å²) < 4.78 is 7.07. The molecule has 2 aromatic rings. The average molecular weight is 300 g/mol. The molecule has 0 aliphatic heterocycles. The van der Waals surface area contributed by atoms with Crippen molar-refractivity contribution in [1.82, 2.24) is 14.9 Å². The van der Waals surface area contributed by atoms with Gasteiger partial charge in [0.1, 0.15) is 6.54 Å². The van der Waals surface area contributed by atoms with Gasteiger partial charge in [0.15, 0.2) is 4.77 Å². The van der Waals surface area contributed by atoms with Gasteiger partial charge in [-0.3, -0.25) is 4.79 Å². The largest absolute Gasteiger partial charge is 0.383 e. The van der Waals surface area contributed by atoms with Crippen LogP contribution in [0.25, 0.3) is 11.0 Å². The zero-order valence-electron chi connectivity index (χ0n) is 10.4. The summed E-state index contributed by atoms with van der Waals surface area (Å²) in [6.45, 7) is 1.12. The number of hydrogen-bond donors (Lipinski definition) is 2. The Kier molecular flexibility index (Phi) is 4.57. The van der Waals surface area contributed by atoms with Crippen LogP contribution in [-0.2, 0) is 16.1 Å². The van der Waals surface area contributed by atoms with Gasteiger partial charge in [0.05, 0.1) is 22.7 Å². The van der Waals surface area contributed by atoms with E-state index in [-0.39, 0.29) is 12.5 Å². The standard InChI is InChI=1S/C12H14ClN3O2S/c1-18-6-5-14-10(17)7-16-9-4-2-3-8(13)11(9)15-12(16)19/h2-4H,5-7H2,1H3,(H,14,17)(H,15,19). The number of carbonyl (C=O) groups is 1. The second kappa shape index (κ2) is 6.18. The van der Waals surface area contributed by atoms with E-state index < -0.39 is 0 Å². The molecule has 0 radical (unpaired) electrons. The van der Waals surface area contributed by atoms with Crippen molar-refractivity contribution < 1.29 is 9.53 Å². The lowest BCUT2D eigenvalue weighted by Crippen LogP contribution is -2.30. The Hall–Kier alpha value is -1.37. The number of ether oxygens (including phenoxy) is 1. The molecule has 102 valence electrons. The predicted molar refractivity (Wildman–Crippen MR) is 77.0 cm³/mol. The van der Waals surface area contributed by atoms with Crippen LogP contribution in [0.3, 0.4) is 0 Å². The molecule has 7 heteroatoms. The minimum Gasteiger partial charge on any atom is -0.383 e. The molecule has 1 aromatic carbocycles. The molecule has 0 saturated carbocycles. The maximum atomic E-state index is 11.8.